The number of amides is 1. The Bertz CT molecular complexity index is 1060. The third-order valence-corrected chi connectivity index (χ3v) is 5.52. The Labute approximate surface area is 180 Å². The van der Waals surface area contributed by atoms with Crippen LogP contribution in [0.2, 0.25) is 0 Å². The van der Waals surface area contributed by atoms with E-state index in [1.165, 1.54) is 12.1 Å². The molecule has 2 aromatic carbocycles. The van der Waals surface area contributed by atoms with Crippen molar-refractivity contribution in [1.29, 1.82) is 0 Å². The van der Waals surface area contributed by atoms with E-state index < -0.39 is 5.97 Å². The summed E-state index contributed by atoms with van der Waals surface area (Å²) in [5.74, 6) is -1.21. The number of aromatic nitrogens is 2. The molecule has 0 saturated carbocycles. The van der Waals surface area contributed by atoms with E-state index in [4.69, 9.17) is 4.74 Å². The van der Waals surface area contributed by atoms with Gasteiger partial charge in [-0.1, -0.05) is 18.2 Å². The van der Waals surface area contributed by atoms with Crippen LogP contribution in [-0.4, -0.2) is 45.8 Å². The maximum absolute atomic E-state index is 13.4. The number of rotatable bonds is 5. The summed E-state index contributed by atoms with van der Waals surface area (Å²) in [7, 11) is 0. The number of benzene rings is 2. The standard InChI is InChI=1S/C24H24FN3O3/c1-17-7-5-6-14-27(17)22(29)16-31-24(30)21-15-28(20-8-3-2-4-9-20)26-23(21)18-10-12-19(25)13-11-18/h2-4,8-13,15,17H,5-7,14,16H2,1H3/t17-/m1/s1. The van der Waals surface area contributed by atoms with Crippen LogP contribution in [0.15, 0.2) is 60.8 Å². The molecule has 7 heteroatoms. The van der Waals surface area contributed by atoms with Crippen LogP contribution in [0.3, 0.4) is 0 Å². The molecule has 6 nitrogen and oxygen atoms in total. The Kier molecular flexibility index (Phi) is 6.11. The summed E-state index contributed by atoms with van der Waals surface area (Å²) >= 11 is 0. The van der Waals surface area contributed by atoms with Gasteiger partial charge in [0.05, 0.1) is 5.69 Å². The van der Waals surface area contributed by atoms with Gasteiger partial charge in [-0.3, -0.25) is 4.79 Å². The van der Waals surface area contributed by atoms with Crippen molar-refractivity contribution in [3.8, 4) is 16.9 Å². The van der Waals surface area contributed by atoms with Gasteiger partial charge in [0.1, 0.15) is 17.1 Å². The van der Waals surface area contributed by atoms with Crippen molar-refractivity contribution in [2.75, 3.05) is 13.2 Å². The second kappa shape index (κ2) is 9.12. The molecular formula is C24H24FN3O3. The minimum Gasteiger partial charge on any atom is -0.452 e. The number of carbonyl (C=O) groups is 2. The maximum Gasteiger partial charge on any atom is 0.342 e. The van der Waals surface area contributed by atoms with Gasteiger partial charge in [0.2, 0.25) is 0 Å². The average molecular weight is 421 g/mol. The highest BCUT2D eigenvalue weighted by molar-refractivity contribution is 5.97. The Morgan fingerprint density at radius 1 is 1.10 bits per heavy atom. The molecular weight excluding hydrogens is 397 g/mol. The smallest absolute Gasteiger partial charge is 0.342 e. The monoisotopic (exact) mass is 421 g/mol. The second-order valence-electron chi connectivity index (χ2n) is 7.69. The van der Waals surface area contributed by atoms with Gasteiger partial charge < -0.3 is 9.64 Å². The molecule has 0 spiro atoms. The third-order valence-electron chi connectivity index (χ3n) is 5.52. The van der Waals surface area contributed by atoms with Crippen molar-refractivity contribution in [1.82, 2.24) is 14.7 Å². The summed E-state index contributed by atoms with van der Waals surface area (Å²) < 4.78 is 20.3. The van der Waals surface area contributed by atoms with Crippen molar-refractivity contribution in [2.24, 2.45) is 0 Å². The zero-order chi connectivity index (χ0) is 21.8. The Balaban J connectivity index is 1.58. The van der Waals surface area contributed by atoms with Gasteiger partial charge in [-0.15, -0.1) is 0 Å². The van der Waals surface area contributed by atoms with Crippen LogP contribution in [0.25, 0.3) is 16.9 Å². The zero-order valence-corrected chi connectivity index (χ0v) is 17.3. The molecule has 1 aliphatic heterocycles. The molecule has 31 heavy (non-hydrogen) atoms. The highest BCUT2D eigenvalue weighted by Gasteiger charge is 2.26. The lowest BCUT2D eigenvalue weighted by atomic mass is 10.0. The van der Waals surface area contributed by atoms with E-state index in [0.717, 1.165) is 24.9 Å². The van der Waals surface area contributed by atoms with Crippen LogP contribution in [-0.2, 0) is 9.53 Å². The first-order valence-corrected chi connectivity index (χ1v) is 10.4. The van der Waals surface area contributed by atoms with E-state index in [0.29, 0.717) is 17.8 Å². The lowest BCUT2D eigenvalue weighted by Crippen LogP contribution is -2.44. The van der Waals surface area contributed by atoms with Gasteiger partial charge in [0.25, 0.3) is 5.91 Å². The van der Waals surface area contributed by atoms with Crippen LogP contribution in [0.4, 0.5) is 4.39 Å². The lowest BCUT2D eigenvalue weighted by Gasteiger charge is -2.33. The first kappa shape index (κ1) is 20.8. The number of hydrogen-bond donors (Lipinski definition) is 0. The summed E-state index contributed by atoms with van der Waals surface area (Å²) in [5, 5.41) is 4.53. The molecule has 3 aromatic rings. The number of piperidine rings is 1. The van der Waals surface area contributed by atoms with E-state index in [1.807, 2.05) is 37.3 Å². The number of nitrogens with zero attached hydrogens (tertiary/aromatic N) is 3. The molecule has 4 rings (SSSR count). The predicted octanol–water partition coefficient (Wildman–Crippen LogP) is 4.24. The third kappa shape index (κ3) is 4.66. The van der Waals surface area contributed by atoms with Crippen LogP contribution in [0.5, 0.6) is 0 Å². The topological polar surface area (TPSA) is 64.4 Å². The number of halogens is 1. The Morgan fingerprint density at radius 3 is 2.55 bits per heavy atom. The highest BCUT2D eigenvalue weighted by atomic mass is 19.1. The molecule has 2 heterocycles. The predicted molar refractivity (Wildman–Crippen MR) is 114 cm³/mol. The van der Waals surface area contributed by atoms with E-state index in [9.17, 15) is 14.0 Å². The minimum absolute atomic E-state index is 0.149. The minimum atomic E-state index is -0.639. The fourth-order valence-electron chi connectivity index (χ4n) is 3.81. The van der Waals surface area contributed by atoms with Crippen LogP contribution < -0.4 is 0 Å². The molecule has 0 unspecified atom stereocenters. The first-order valence-electron chi connectivity index (χ1n) is 10.4. The van der Waals surface area contributed by atoms with Crippen molar-refractivity contribution in [3.05, 3.63) is 72.2 Å². The van der Waals surface area contributed by atoms with Crippen molar-refractivity contribution < 1.29 is 18.7 Å². The maximum atomic E-state index is 13.4. The number of ether oxygens (including phenoxy) is 1. The fourth-order valence-corrected chi connectivity index (χ4v) is 3.81. The first-order chi connectivity index (χ1) is 15.0. The molecule has 1 amide bonds. The molecule has 1 fully saturated rings. The molecule has 1 aromatic heterocycles. The molecule has 0 aliphatic carbocycles. The number of hydrogen-bond acceptors (Lipinski definition) is 4. The number of likely N-dealkylation sites (tertiary alicyclic amines) is 1. The van der Waals surface area contributed by atoms with Gasteiger partial charge in [0, 0.05) is 24.3 Å². The summed E-state index contributed by atoms with van der Waals surface area (Å²) in [4.78, 5) is 27.2. The molecule has 160 valence electrons. The van der Waals surface area contributed by atoms with Crippen molar-refractivity contribution >= 4 is 11.9 Å². The summed E-state index contributed by atoms with van der Waals surface area (Å²) in [6, 6.07) is 15.2. The lowest BCUT2D eigenvalue weighted by molar-refractivity contribution is -0.137. The SMILES string of the molecule is C[C@@H]1CCCCN1C(=O)COC(=O)c1cn(-c2ccccc2)nc1-c1ccc(F)cc1. The van der Waals surface area contributed by atoms with Crippen LogP contribution in [0, 0.1) is 5.82 Å². The summed E-state index contributed by atoms with van der Waals surface area (Å²) in [6.45, 7) is 2.38. The van der Waals surface area contributed by atoms with Crippen molar-refractivity contribution in [3.63, 3.8) is 0 Å². The van der Waals surface area contributed by atoms with Gasteiger partial charge in [-0.2, -0.15) is 5.10 Å². The summed E-state index contributed by atoms with van der Waals surface area (Å²) in [6.07, 6.45) is 4.59. The number of para-hydroxylation sites is 1. The van der Waals surface area contributed by atoms with Crippen molar-refractivity contribution in [2.45, 2.75) is 32.2 Å². The van der Waals surface area contributed by atoms with E-state index in [-0.39, 0.29) is 29.9 Å². The van der Waals surface area contributed by atoms with Crippen LogP contribution in [0.1, 0.15) is 36.5 Å². The highest BCUT2D eigenvalue weighted by Crippen LogP contribution is 2.25. The van der Waals surface area contributed by atoms with Gasteiger partial charge in [0.15, 0.2) is 6.61 Å². The number of carbonyl (C=O) groups excluding carboxylic acids is 2. The quantitative estimate of drug-likeness (QED) is 0.578. The van der Waals surface area contributed by atoms with Gasteiger partial charge in [-0.05, 0) is 62.6 Å². The van der Waals surface area contributed by atoms with Gasteiger partial charge >= 0.3 is 5.97 Å². The van der Waals surface area contributed by atoms with Gasteiger partial charge in [-0.25, -0.2) is 13.9 Å². The fraction of sp³-hybridized carbons (Fsp3) is 0.292. The number of esters is 1. The molecule has 1 aliphatic rings. The summed E-state index contributed by atoms with van der Waals surface area (Å²) in [5.41, 5.74) is 1.93. The molecule has 0 radical (unpaired) electrons. The average Bonchev–Trinajstić information content (AvgIpc) is 3.24. The largest absolute Gasteiger partial charge is 0.452 e. The normalized spacial score (nSPS) is 16.2. The Morgan fingerprint density at radius 2 is 1.84 bits per heavy atom. The van der Waals surface area contributed by atoms with E-state index >= 15 is 0 Å². The molecule has 1 saturated heterocycles. The second-order valence-corrected chi connectivity index (χ2v) is 7.69. The van der Waals surface area contributed by atoms with E-state index in [1.54, 1.807) is 27.9 Å². The van der Waals surface area contributed by atoms with Crippen LogP contribution >= 0.6 is 0 Å². The molecule has 1 atom stereocenters. The Hall–Kier alpha value is -3.48. The molecule has 0 N–H and O–H groups in total. The zero-order valence-electron chi connectivity index (χ0n) is 17.3. The molecule has 0 bridgehead atoms. The van der Waals surface area contributed by atoms with E-state index in [2.05, 4.69) is 5.10 Å².